The monoisotopic (exact) mass is 485 g/mol. The standard InChI is InChI=1S/C20H27N3O9S/c1-20(2,3)32-17(24)11-10-15(19(26)27)21-18(25)16-5-4-12-22(16)33(30,31)14-8-6-13(7-9-14)23(28)29/h6-9,15-16H,4-5,10-12H2,1-3H3,(H,21,25)(H,26,27)/t15-,16-/m0/s1. The summed E-state index contributed by atoms with van der Waals surface area (Å²) < 4.78 is 32.1. The molecule has 2 rings (SSSR count). The first-order chi connectivity index (χ1) is 15.2. The Morgan fingerprint density at radius 2 is 1.88 bits per heavy atom. The predicted octanol–water partition coefficient (Wildman–Crippen LogP) is 1.44. The van der Waals surface area contributed by atoms with Crippen LogP contribution >= 0.6 is 0 Å². The largest absolute Gasteiger partial charge is 0.480 e. The van der Waals surface area contributed by atoms with Crippen molar-refractivity contribution in [1.82, 2.24) is 9.62 Å². The molecule has 33 heavy (non-hydrogen) atoms. The molecule has 0 saturated carbocycles. The van der Waals surface area contributed by atoms with E-state index in [9.17, 15) is 38.0 Å². The van der Waals surface area contributed by atoms with Crippen molar-refractivity contribution in [2.45, 2.75) is 69.0 Å². The molecule has 0 aliphatic carbocycles. The van der Waals surface area contributed by atoms with Gasteiger partial charge in [0, 0.05) is 25.1 Å². The number of nitrogens with zero attached hydrogens (tertiary/aromatic N) is 2. The molecular weight excluding hydrogens is 458 g/mol. The van der Waals surface area contributed by atoms with Crippen LogP contribution in [-0.2, 0) is 29.1 Å². The fraction of sp³-hybridized carbons (Fsp3) is 0.550. The summed E-state index contributed by atoms with van der Waals surface area (Å²) in [5.41, 5.74) is -1.02. The van der Waals surface area contributed by atoms with Gasteiger partial charge in [-0.25, -0.2) is 13.2 Å². The van der Waals surface area contributed by atoms with Gasteiger partial charge in [0.1, 0.15) is 17.7 Å². The zero-order valence-corrected chi connectivity index (χ0v) is 19.3. The molecule has 13 heteroatoms. The van der Waals surface area contributed by atoms with Gasteiger partial charge in [0.05, 0.1) is 9.82 Å². The van der Waals surface area contributed by atoms with Gasteiger partial charge in [-0.3, -0.25) is 19.7 Å². The number of esters is 1. The van der Waals surface area contributed by atoms with E-state index < -0.39 is 50.5 Å². The second-order valence-corrected chi connectivity index (χ2v) is 10.4. The van der Waals surface area contributed by atoms with E-state index in [-0.39, 0.29) is 36.4 Å². The summed E-state index contributed by atoms with van der Waals surface area (Å²) >= 11 is 0. The van der Waals surface area contributed by atoms with Crippen molar-refractivity contribution in [3.8, 4) is 0 Å². The van der Waals surface area contributed by atoms with Crippen molar-refractivity contribution in [2.75, 3.05) is 6.54 Å². The highest BCUT2D eigenvalue weighted by atomic mass is 32.2. The number of carbonyl (C=O) groups excluding carboxylic acids is 2. The number of rotatable bonds is 9. The number of hydrogen-bond acceptors (Lipinski definition) is 8. The minimum absolute atomic E-state index is 0.0348. The molecule has 0 unspecified atom stereocenters. The summed E-state index contributed by atoms with van der Waals surface area (Å²) in [6.45, 7) is 5.04. The summed E-state index contributed by atoms with van der Waals surface area (Å²) in [5.74, 6) is -2.78. The molecule has 1 saturated heterocycles. The van der Waals surface area contributed by atoms with Crippen LogP contribution in [0.4, 0.5) is 5.69 Å². The highest BCUT2D eigenvalue weighted by Crippen LogP contribution is 2.27. The first-order valence-electron chi connectivity index (χ1n) is 10.2. The highest BCUT2D eigenvalue weighted by Gasteiger charge is 2.40. The third-order valence-corrected chi connectivity index (χ3v) is 6.75. The van der Waals surface area contributed by atoms with E-state index in [1.165, 1.54) is 0 Å². The minimum atomic E-state index is -4.15. The number of carbonyl (C=O) groups is 3. The Morgan fingerprint density at radius 1 is 1.27 bits per heavy atom. The molecule has 0 bridgehead atoms. The Hall–Kier alpha value is -3.06. The molecule has 182 valence electrons. The number of amides is 1. The second-order valence-electron chi connectivity index (χ2n) is 8.55. The van der Waals surface area contributed by atoms with E-state index in [1.807, 2.05) is 0 Å². The van der Waals surface area contributed by atoms with Crippen molar-refractivity contribution >= 4 is 33.6 Å². The number of nitrogens with one attached hydrogen (secondary N) is 1. The number of carboxylic acid groups (broad SMARTS) is 1. The van der Waals surface area contributed by atoms with Gasteiger partial charge in [-0.05, 0) is 52.2 Å². The molecule has 1 aromatic rings. The molecular formula is C20H27N3O9S. The van der Waals surface area contributed by atoms with E-state index in [0.29, 0.717) is 6.42 Å². The van der Waals surface area contributed by atoms with Crippen molar-refractivity contribution < 1.29 is 37.6 Å². The number of aliphatic carboxylic acids is 1. The molecule has 2 atom stereocenters. The summed E-state index contributed by atoms with van der Waals surface area (Å²) in [5, 5.41) is 22.5. The SMILES string of the molecule is CC(C)(C)OC(=O)CC[C@H](NC(=O)[C@@H]1CCCN1S(=O)(=O)c1ccc([N+](=O)[O-])cc1)C(=O)O. The summed E-state index contributed by atoms with van der Waals surface area (Å²) in [6, 6.07) is 1.72. The topological polar surface area (TPSA) is 173 Å². The lowest BCUT2D eigenvalue weighted by Crippen LogP contribution is -2.50. The van der Waals surface area contributed by atoms with Crippen LogP contribution in [-0.4, -0.2) is 64.8 Å². The van der Waals surface area contributed by atoms with Gasteiger partial charge in [-0.15, -0.1) is 0 Å². The van der Waals surface area contributed by atoms with E-state index in [1.54, 1.807) is 20.8 Å². The van der Waals surface area contributed by atoms with Crippen LogP contribution < -0.4 is 5.32 Å². The summed E-state index contributed by atoms with van der Waals surface area (Å²) in [7, 11) is -4.15. The van der Waals surface area contributed by atoms with Crippen LogP contribution in [0.5, 0.6) is 0 Å². The molecule has 2 N–H and O–H groups in total. The molecule has 0 aromatic heterocycles. The maximum atomic E-state index is 13.0. The maximum Gasteiger partial charge on any atom is 0.326 e. The fourth-order valence-corrected chi connectivity index (χ4v) is 5.00. The van der Waals surface area contributed by atoms with Gasteiger partial charge in [0.2, 0.25) is 15.9 Å². The van der Waals surface area contributed by atoms with Crippen LogP contribution in [0, 0.1) is 10.1 Å². The molecule has 0 spiro atoms. The Morgan fingerprint density at radius 3 is 2.39 bits per heavy atom. The van der Waals surface area contributed by atoms with Crippen molar-refractivity contribution in [3.63, 3.8) is 0 Å². The maximum absolute atomic E-state index is 13.0. The summed E-state index contributed by atoms with van der Waals surface area (Å²) in [6.07, 6.45) is 0.0815. The molecule has 0 radical (unpaired) electrons. The van der Waals surface area contributed by atoms with Gasteiger partial charge in [-0.1, -0.05) is 0 Å². The van der Waals surface area contributed by atoms with Gasteiger partial charge < -0.3 is 15.2 Å². The second kappa shape index (κ2) is 10.3. The molecule has 1 aliphatic heterocycles. The normalized spacial score (nSPS) is 17.8. The number of hydrogen-bond donors (Lipinski definition) is 2. The minimum Gasteiger partial charge on any atom is -0.480 e. The lowest BCUT2D eigenvalue weighted by atomic mass is 10.1. The van der Waals surface area contributed by atoms with E-state index in [4.69, 9.17) is 4.74 Å². The summed E-state index contributed by atoms with van der Waals surface area (Å²) in [4.78, 5) is 46.2. The Labute approximate surface area is 191 Å². The van der Waals surface area contributed by atoms with Crippen molar-refractivity contribution in [1.29, 1.82) is 0 Å². The van der Waals surface area contributed by atoms with Crippen LogP contribution in [0.3, 0.4) is 0 Å². The van der Waals surface area contributed by atoms with Gasteiger partial charge in [-0.2, -0.15) is 4.31 Å². The average Bonchev–Trinajstić information content (AvgIpc) is 3.20. The number of carboxylic acids is 1. The zero-order chi connectivity index (χ0) is 25.0. The molecule has 1 heterocycles. The van der Waals surface area contributed by atoms with E-state index in [0.717, 1.165) is 28.6 Å². The number of nitro benzene ring substituents is 1. The molecule has 12 nitrogen and oxygen atoms in total. The highest BCUT2D eigenvalue weighted by molar-refractivity contribution is 7.89. The van der Waals surface area contributed by atoms with Crippen LogP contribution in [0.2, 0.25) is 0 Å². The Bertz CT molecular complexity index is 1020. The number of nitro groups is 1. The average molecular weight is 486 g/mol. The predicted molar refractivity (Wildman–Crippen MR) is 115 cm³/mol. The van der Waals surface area contributed by atoms with E-state index in [2.05, 4.69) is 5.32 Å². The van der Waals surface area contributed by atoms with Gasteiger partial charge in [0.25, 0.3) is 5.69 Å². The fourth-order valence-electron chi connectivity index (χ4n) is 3.35. The smallest absolute Gasteiger partial charge is 0.326 e. The van der Waals surface area contributed by atoms with Crippen molar-refractivity contribution in [2.24, 2.45) is 0 Å². The Balaban J connectivity index is 2.11. The van der Waals surface area contributed by atoms with E-state index >= 15 is 0 Å². The quantitative estimate of drug-likeness (QED) is 0.298. The number of sulfonamides is 1. The van der Waals surface area contributed by atoms with Crippen LogP contribution in [0.15, 0.2) is 29.2 Å². The third kappa shape index (κ3) is 6.96. The first-order valence-corrected chi connectivity index (χ1v) is 11.7. The molecule has 1 amide bonds. The van der Waals surface area contributed by atoms with Crippen LogP contribution in [0.25, 0.3) is 0 Å². The Kier molecular flexibility index (Phi) is 8.14. The molecule has 1 fully saturated rings. The van der Waals surface area contributed by atoms with Crippen molar-refractivity contribution in [3.05, 3.63) is 34.4 Å². The molecule has 1 aromatic carbocycles. The lowest BCUT2D eigenvalue weighted by Gasteiger charge is -2.25. The number of non-ortho nitro benzene ring substituents is 1. The zero-order valence-electron chi connectivity index (χ0n) is 18.5. The van der Waals surface area contributed by atoms with Crippen LogP contribution in [0.1, 0.15) is 46.5 Å². The first kappa shape index (κ1) is 26.2. The molecule has 1 aliphatic rings. The van der Waals surface area contributed by atoms with Gasteiger partial charge >= 0.3 is 11.9 Å². The lowest BCUT2D eigenvalue weighted by molar-refractivity contribution is -0.384. The number of ether oxygens (including phenoxy) is 1. The van der Waals surface area contributed by atoms with Gasteiger partial charge in [0.15, 0.2) is 0 Å². The number of benzene rings is 1. The third-order valence-electron chi connectivity index (χ3n) is 4.83.